The van der Waals surface area contributed by atoms with Crippen LogP contribution in [-0.4, -0.2) is 9.78 Å². The zero-order chi connectivity index (χ0) is 13.0. The minimum atomic E-state index is 0.109. The highest BCUT2D eigenvalue weighted by Crippen LogP contribution is 2.32. The fourth-order valence-corrected chi connectivity index (χ4v) is 2.50. The van der Waals surface area contributed by atoms with Gasteiger partial charge < -0.3 is 0 Å². The maximum Gasteiger partial charge on any atom is 0.0671 e. The van der Waals surface area contributed by atoms with Crippen molar-refractivity contribution in [2.24, 2.45) is 0 Å². The Morgan fingerprint density at radius 1 is 1.12 bits per heavy atom. The van der Waals surface area contributed by atoms with Crippen molar-refractivity contribution in [2.45, 2.75) is 71.7 Å². The van der Waals surface area contributed by atoms with E-state index in [4.69, 9.17) is 16.7 Å². The summed E-state index contributed by atoms with van der Waals surface area (Å²) in [6.45, 7) is 10.9. The third kappa shape index (κ3) is 2.85. The predicted molar refractivity (Wildman–Crippen MR) is 74.9 cm³/mol. The molecular weight excluding hydrogens is 232 g/mol. The fourth-order valence-electron chi connectivity index (χ4n) is 2.25. The highest BCUT2D eigenvalue weighted by atomic mass is 35.5. The standard InChI is InChI=1S/C14H25ClN2/c1-6-10(5)17-13(9-4)14(11(15)7-2)12(8-3)16-17/h10-11H,6-9H2,1-5H3. The molecule has 1 aromatic rings. The van der Waals surface area contributed by atoms with Gasteiger partial charge in [0.25, 0.3) is 0 Å². The molecule has 0 radical (unpaired) electrons. The van der Waals surface area contributed by atoms with E-state index in [0.717, 1.165) is 25.7 Å². The van der Waals surface area contributed by atoms with Gasteiger partial charge in [-0.2, -0.15) is 5.10 Å². The van der Waals surface area contributed by atoms with E-state index in [-0.39, 0.29) is 5.38 Å². The van der Waals surface area contributed by atoms with E-state index >= 15 is 0 Å². The molecule has 0 aliphatic rings. The molecule has 0 fully saturated rings. The van der Waals surface area contributed by atoms with Gasteiger partial charge in [0.2, 0.25) is 0 Å². The molecule has 1 rings (SSSR count). The molecule has 0 amide bonds. The van der Waals surface area contributed by atoms with Gasteiger partial charge in [-0.25, -0.2) is 0 Å². The van der Waals surface area contributed by atoms with Gasteiger partial charge in [-0.05, 0) is 32.6 Å². The summed E-state index contributed by atoms with van der Waals surface area (Å²) >= 11 is 6.47. The molecule has 1 heterocycles. The monoisotopic (exact) mass is 256 g/mol. The molecular formula is C14H25ClN2. The number of halogens is 1. The van der Waals surface area contributed by atoms with Crippen molar-refractivity contribution >= 4 is 11.6 Å². The summed E-state index contributed by atoms with van der Waals surface area (Å²) in [5.74, 6) is 0. The molecule has 0 bridgehead atoms. The van der Waals surface area contributed by atoms with Crippen LogP contribution in [0, 0.1) is 0 Å². The van der Waals surface area contributed by atoms with E-state index < -0.39 is 0 Å². The highest BCUT2D eigenvalue weighted by Gasteiger charge is 2.22. The third-order valence-corrected chi connectivity index (χ3v) is 4.00. The Labute approximate surface area is 110 Å². The first kappa shape index (κ1) is 14.6. The van der Waals surface area contributed by atoms with Crippen LogP contribution in [0.3, 0.4) is 0 Å². The lowest BCUT2D eigenvalue weighted by Crippen LogP contribution is -2.10. The summed E-state index contributed by atoms with van der Waals surface area (Å²) in [6.07, 6.45) is 4.05. The van der Waals surface area contributed by atoms with Crippen LogP contribution in [0.5, 0.6) is 0 Å². The van der Waals surface area contributed by atoms with Gasteiger partial charge in [-0.15, -0.1) is 11.6 Å². The number of hydrogen-bond donors (Lipinski definition) is 0. The zero-order valence-electron chi connectivity index (χ0n) is 11.8. The first-order chi connectivity index (χ1) is 8.10. The fraction of sp³-hybridized carbons (Fsp3) is 0.786. The highest BCUT2D eigenvalue weighted by molar-refractivity contribution is 6.20. The number of rotatable bonds is 6. The van der Waals surface area contributed by atoms with Gasteiger partial charge in [-0.3, -0.25) is 4.68 Å². The molecule has 3 heteroatoms. The number of hydrogen-bond acceptors (Lipinski definition) is 1. The predicted octanol–water partition coefficient (Wildman–Crippen LogP) is 4.67. The largest absolute Gasteiger partial charge is 0.266 e. The molecule has 0 N–H and O–H groups in total. The molecule has 0 spiro atoms. The molecule has 0 aromatic carbocycles. The quantitative estimate of drug-likeness (QED) is 0.677. The van der Waals surface area contributed by atoms with Gasteiger partial charge >= 0.3 is 0 Å². The first-order valence-electron chi connectivity index (χ1n) is 6.84. The Bertz CT molecular complexity index is 357. The molecule has 0 saturated carbocycles. The molecule has 0 aliphatic carbocycles. The summed E-state index contributed by atoms with van der Waals surface area (Å²) in [6, 6.07) is 0.463. The second kappa shape index (κ2) is 6.44. The average Bonchev–Trinajstić information content (AvgIpc) is 2.75. The van der Waals surface area contributed by atoms with E-state index in [0.29, 0.717) is 6.04 Å². The van der Waals surface area contributed by atoms with Crippen molar-refractivity contribution in [1.82, 2.24) is 9.78 Å². The van der Waals surface area contributed by atoms with Crippen LogP contribution in [0.2, 0.25) is 0 Å². The number of alkyl halides is 1. The van der Waals surface area contributed by atoms with Crippen molar-refractivity contribution in [3.8, 4) is 0 Å². The molecule has 2 unspecified atom stereocenters. The molecule has 98 valence electrons. The number of aromatic nitrogens is 2. The Kier molecular flexibility index (Phi) is 5.51. The third-order valence-electron chi connectivity index (χ3n) is 3.48. The van der Waals surface area contributed by atoms with Crippen molar-refractivity contribution in [3.05, 3.63) is 17.0 Å². The van der Waals surface area contributed by atoms with Gasteiger partial charge in [0.15, 0.2) is 0 Å². The minimum absolute atomic E-state index is 0.109. The molecule has 0 aliphatic heterocycles. The van der Waals surface area contributed by atoms with Crippen LogP contribution in [-0.2, 0) is 12.8 Å². The van der Waals surface area contributed by atoms with Gasteiger partial charge in [0.1, 0.15) is 0 Å². The van der Waals surface area contributed by atoms with E-state index in [1.165, 1.54) is 17.0 Å². The normalized spacial score (nSPS) is 14.9. The van der Waals surface area contributed by atoms with Crippen LogP contribution in [0.1, 0.15) is 75.8 Å². The van der Waals surface area contributed by atoms with Crippen molar-refractivity contribution in [2.75, 3.05) is 0 Å². The van der Waals surface area contributed by atoms with Gasteiger partial charge in [-0.1, -0.05) is 27.7 Å². The summed E-state index contributed by atoms with van der Waals surface area (Å²) < 4.78 is 2.19. The summed E-state index contributed by atoms with van der Waals surface area (Å²) in [4.78, 5) is 0. The van der Waals surface area contributed by atoms with Gasteiger partial charge in [0, 0.05) is 17.3 Å². The van der Waals surface area contributed by atoms with E-state index in [9.17, 15) is 0 Å². The second-order valence-corrected chi connectivity index (χ2v) is 5.12. The Balaban J connectivity index is 3.30. The zero-order valence-corrected chi connectivity index (χ0v) is 12.5. The summed E-state index contributed by atoms with van der Waals surface area (Å²) in [5, 5.41) is 4.88. The SMILES string of the molecule is CCc1nn(C(C)CC)c(CC)c1C(Cl)CC. The van der Waals surface area contributed by atoms with Crippen molar-refractivity contribution in [3.63, 3.8) is 0 Å². The summed E-state index contributed by atoms with van der Waals surface area (Å²) in [5.41, 5.74) is 3.81. The Hall–Kier alpha value is -0.500. The molecule has 2 atom stereocenters. The second-order valence-electron chi connectivity index (χ2n) is 4.59. The number of nitrogens with zero attached hydrogens (tertiary/aromatic N) is 2. The van der Waals surface area contributed by atoms with Crippen LogP contribution in [0.4, 0.5) is 0 Å². The minimum Gasteiger partial charge on any atom is -0.266 e. The number of aryl methyl sites for hydroxylation is 1. The van der Waals surface area contributed by atoms with E-state index in [1.807, 2.05) is 0 Å². The molecule has 1 aromatic heterocycles. The lowest BCUT2D eigenvalue weighted by atomic mass is 10.0. The Morgan fingerprint density at radius 3 is 2.18 bits per heavy atom. The molecule has 0 saturated heterocycles. The lowest BCUT2D eigenvalue weighted by Gasteiger charge is -2.15. The van der Waals surface area contributed by atoms with E-state index in [2.05, 4.69) is 39.3 Å². The first-order valence-corrected chi connectivity index (χ1v) is 7.28. The van der Waals surface area contributed by atoms with E-state index in [1.54, 1.807) is 0 Å². The lowest BCUT2D eigenvalue weighted by molar-refractivity contribution is 0.458. The van der Waals surface area contributed by atoms with Crippen LogP contribution < -0.4 is 0 Å². The molecule has 2 nitrogen and oxygen atoms in total. The maximum absolute atomic E-state index is 6.47. The van der Waals surface area contributed by atoms with Crippen LogP contribution >= 0.6 is 11.6 Å². The van der Waals surface area contributed by atoms with Gasteiger partial charge in [0.05, 0.1) is 11.1 Å². The summed E-state index contributed by atoms with van der Waals surface area (Å²) in [7, 11) is 0. The maximum atomic E-state index is 6.47. The molecule has 17 heavy (non-hydrogen) atoms. The Morgan fingerprint density at radius 2 is 1.76 bits per heavy atom. The van der Waals surface area contributed by atoms with Crippen LogP contribution in [0.25, 0.3) is 0 Å². The average molecular weight is 257 g/mol. The van der Waals surface area contributed by atoms with Crippen molar-refractivity contribution < 1.29 is 0 Å². The van der Waals surface area contributed by atoms with Crippen molar-refractivity contribution in [1.29, 1.82) is 0 Å². The van der Waals surface area contributed by atoms with Crippen LogP contribution in [0.15, 0.2) is 0 Å². The topological polar surface area (TPSA) is 17.8 Å². The smallest absolute Gasteiger partial charge is 0.0671 e.